The first-order chi connectivity index (χ1) is 12.3. The maximum Gasteiger partial charge on any atom is 0.339 e. The SMILES string of the molecule is O=C1O[C@@H](c2nn3c(-c4ccccc4)nnc3s2)Cc2ccccc21. The van der Waals surface area contributed by atoms with Gasteiger partial charge in [-0.3, -0.25) is 0 Å². The van der Waals surface area contributed by atoms with Crippen LogP contribution < -0.4 is 0 Å². The first-order valence-electron chi connectivity index (χ1n) is 7.86. The molecule has 1 aliphatic heterocycles. The van der Waals surface area contributed by atoms with Gasteiger partial charge in [0, 0.05) is 12.0 Å². The van der Waals surface area contributed by atoms with Crippen LogP contribution in [0, 0.1) is 0 Å². The van der Waals surface area contributed by atoms with Gasteiger partial charge in [0.05, 0.1) is 5.56 Å². The van der Waals surface area contributed by atoms with E-state index in [-0.39, 0.29) is 5.97 Å². The quantitative estimate of drug-likeness (QED) is 0.520. The minimum Gasteiger partial charge on any atom is -0.451 e. The van der Waals surface area contributed by atoms with Crippen LogP contribution >= 0.6 is 11.3 Å². The molecular formula is C18H12N4O2S. The second-order valence-electron chi connectivity index (χ2n) is 5.78. The zero-order valence-corrected chi connectivity index (χ0v) is 13.8. The number of hydrogen-bond acceptors (Lipinski definition) is 6. The van der Waals surface area contributed by atoms with Gasteiger partial charge in [-0.2, -0.15) is 9.61 Å². The van der Waals surface area contributed by atoms with Gasteiger partial charge in [0.1, 0.15) is 0 Å². The van der Waals surface area contributed by atoms with Crippen molar-refractivity contribution in [3.63, 3.8) is 0 Å². The van der Waals surface area contributed by atoms with E-state index in [0.717, 1.165) is 16.1 Å². The molecule has 0 saturated heterocycles. The van der Waals surface area contributed by atoms with Gasteiger partial charge in [0.2, 0.25) is 4.96 Å². The summed E-state index contributed by atoms with van der Waals surface area (Å²) in [7, 11) is 0. The van der Waals surface area contributed by atoms with Crippen molar-refractivity contribution in [1.82, 2.24) is 19.8 Å². The van der Waals surface area contributed by atoms with Crippen LogP contribution in [-0.4, -0.2) is 25.8 Å². The molecule has 0 spiro atoms. The van der Waals surface area contributed by atoms with E-state index in [9.17, 15) is 4.79 Å². The summed E-state index contributed by atoms with van der Waals surface area (Å²) < 4.78 is 7.30. The smallest absolute Gasteiger partial charge is 0.339 e. The molecule has 0 N–H and O–H groups in total. The van der Waals surface area contributed by atoms with E-state index in [0.29, 0.717) is 22.8 Å². The van der Waals surface area contributed by atoms with Crippen molar-refractivity contribution < 1.29 is 9.53 Å². The molecule has 7 heteroatoms. The van der Waals surface area contributed by atoms with E-state index in [1.165, 1.54) is 11.3 Å². The number of esters is 1. The number of rotatable bonds is 2. The summed E-state index contributed by atoms with van der Waals surface area (Å²) in [6.07, 6.45) is 0.227. The van der Waals surface area contributed by atoms with Crippen LogP contribution in [0.15, 0.2) is 54.6 Å². The van der Waals surface area contributed by atoms with E-state index >= 15 is 0 Å². The minimum absolute atomic E-state index is 0.305. The molecule has 6 nitrogen and oxygen atoms in total. The molecule has 0 unspecified atom stereocenters. The monoisotopic (exact) mass is 348 g/mol. The molecule has 0 aliphatic carbocycles. The lowest BCUT2D eigenvalue weighted by atomic mass is 9.99. The molecule has 122 valence electrons. The van der Waals surface area contributed by atoms with Crippen LogP contribution in [-0.2, 0) is 11.2 Å². The molecule has 0 amide bonds. The number of carbonyl (C=O) groups is 1. The van der Waals surface area contributed by atoms with Crippen LogP contribution in [0.4, 0.5) is 0 Å². The lowest BCUT2D eigenvalue weighted by Gasteiger charge is -2.22. The van der Waals surface area contributed by atoms with Gasteiger partial charge in [-0.1, -0.05) is 59.9 Å². The van der Waals surface area contributed by atoms with Crippen LogP contribution in [0.2, 0.25) is 0 Å². The highest BCUT2D eigenvalue weighted by atomic mass is 32.1. The van der Waals surface area contributed by atoms with Gasteiger partial charge in [-0.15, -0.1) is 10.2 Å². The Morgan fingerprint density at radius 1 is 1.04 bits per heavy atom. The molecule has 0 saturated carbocycles. The molecule has 0 bridgehead atoms. The fraction of sp³-hybridized carbons (Fsp3) is 0.111. The number of benzene rings is 2. The fourth-order valence-corrected chi connectivity index (χ4v) is 3.87. The zero-order chi connectivity index (χ0) is 16.8. The highest BCUT2D eigenvalue weighted by molar-refractivity contribution is 7.16. The van der Waals surface area contributed by atoms with E-state index in [2.05, 4.69) is 15.3 Å². The Hall–Kier alpha value is -3.06. The highest BCUT2D eigenvalue weighted by Gasteiger charge is 2.30. The van der Waals surface area contributed by atoms with Crippen LogP contribution in [0.5, 0.6) is 0 Å². The first kappa shape index (κ1) is 14.3. The molecule has 1 aliphatic rings. The minimum atomic E-state index is -0.391. The first-order valence-corrected chi connectivity index (χ1v) is 8.68. The average molecular weight is 348 g/mol. The van der Waals surface area contributed by atoms with Crippen LogP contribution in [0.3, 0.4) is 0 Å². The second-order valence-corrected chi connectivity index (χ2v) is 6.77. The predicted octanol–water partition coefficient (Wildman–Crippen LogP) is 3.31. The summed E-state index contributed by atoms with van der Waals surface area (Å²) in [5.41, 5.74) is 2.56. The topological polar surface area (TPSA) is 69.4 Å². The third kappa shape index (κ3) is 2.32. The van der Waals surface area contributed by atoms with Gasteiger partial charge in [0.15, 0.2) is 16.9 Å². The molecule has 25 heavy (non-hydrogen) atoms. The maximum atomic E-state index is 12.2. The summed E-state index contributed by atoms with van der Waals surface area (Å²) in [4.78, 5) is 12.9. The van der Waals surface area contributed by atoms with E-state index < -0.39 is 6.10 Å². The van der Waals surface area contributed by atoms with Crippen molar-refractivity contribution in [3.05, 3.63) is 70.7 Å². The summed E-state index contributed by atoms with van der Waals surface area (Å²) in [5, 5.41) is 13.8. The van der Waals surface area contributed by atoms with Gasteiger partial charge in [-0.25, -0.2) is 4.79 Å². The van der Waals surface area contributed by atoms with E-state index in [1.54, 1.807) is 10.6 Å². The molecule has 1 atom stereocenters. The third-order valence-electron chi connectivity index (χ3n) is 4.21. The third-order valence-corrected chi connectivity index (χ3v) is 5.20. The molecule has 0 radical (unpaired) electrons. The number of fused-ring (bicyclic) bond motifs is 2. The number of ether oxygens (including phenoxy) is 1. The van der Waals surface area contributed by atoms with Crippen molar-refractivity contribution in [2.24, 2.45) is 0 Å². The van der Waals surface area contributed by atoms with Crippen molar-refractivity contribution in [3.8, 4) is 11.4 Å². The predicted molar refractivity (Wildman–Crippen MR) is 92.4 cm³/mol. The Balaban J connectivity index is 1.55. The number of nitrogens with zero attached hydrogens (tertiary/aromatic N) is 4. The van der Waals surface area contributed by atoms with Crippen molar-refractivity contribution in [2.75, 3.05) is 0 Å². The Bertz CT molecular complexity index is 1090. The standard InChI is InChI=1S/C18H12N4O2S/c23-17-13-9-5-4-8-12(13)10-14(24-17)16-21-22-15(19-20-18(22)25-16)11-6-2-1-3-7-11/h1-9,14H,10H2/t14-/m1/s1. The Morgan fingerprint density at radius 2 is 1.84 bits per heavy atom. The Kier molecular flexibility index (Phi) is 3.14. The van der Waals surface area contributed by atoms with Gasteiger partial charge >= 0.3 is 5.97 Å². The molecule has 0 fully saturated rings. The molecule has 3 heterocycles. The number of carbonyl (C=O) groups excluding carboxylic acids is 1. The summed E-state index contributed by atoms with van der Waals surface area (Å²) in [6, 6.07) is 17.3. The fourth-order valence-electron chi connectivity index (χ4n) is 3.00. The molecule has 2 aromatic carbocycles. The highest BCUT2D eigenvalue weighted by Crippen LogP contribution is 2.33. The summed E-state index contributed by atoms with van der Waals surface area (Å²) >= 11 is 1.40. The maximum absolute atomic E-state index is 12.2. The van der Waals surface area contributed by atoms with Crippen molar-refractivity contribution in [2.45, 2.75) is 12.5 Å². The van der Waals surface area contributed by atoms with Gasteiger partial charge < -0.3 is 4.74 Å². The summed E-state index contributed by atoms with van der Waals surface area (Å²) in [6.45, 7) is 0. The number of aromatic nitrogens is 4. The zero-order valence-electron chi connectivity index (χ0n) is 13.0. The molecule has 4 aromatic rings. The van der Waals surface area contributed by atoms with Crippen LogP contribution in [0.25, 0.3) is 16.3 Å². The molecular weight excluding hydrogens is 336 g/mol. The largest absolute Gasteiger partial charge is 0.451 e. The normalized spacial score (nSPS) is 16.6. The van der Waals surface area contributed by atoms with Crippen molar-refractivity contribution >= 4 is 22.3 Å². The average Bonchev–Trinajstić information content (AvgIpc) is 3.23. The second kappa shape index (κ2) is 5.49. The molecule has 2 aromatic heterocycles. The number of cyclic esters (lactones) is 1. The van der Waals surface area contributed by atoms with Gasteiger partial charge in [0.25, 0.3) is 0 Å². The van der Waals surface area contributed by atoms with Crippen molar-refractivity contribution in [1.29, 1.82) is 0 Å². The van der Waals surface area contributed by atoms with E-state index in [4.69, 9.17) is 4.74 Å². The lowest BCUT2D eigenvalue weighted by Crippen LogP contribution is -2.21. The number of hydrogen-bond donors (Lipinski definition) is 0. The summed E-state index contributed by atoms with van der Waals surface area (Å²) in [5.74, 6) is 0.377. The molecule has 5 rings (SSSR count). The Labute approximate surface area is 146 Å². The van der Waals surface area contributed by atoms with Gasteiger partial charge in [-0.05, 0) is 11.6 Å². The lowest BCUT2D eigenvalue weighted by molar-refractivity contribution is 0.0250. The van der Waals surface area contributed by atoms with E-state index in [1.807, 2.05) is 48.5 Å². The van der Waals surface area contributed by atoms with Crippen LogP contribution in [0.1, 0.15) is 27.0 Å². The Morgan fingerprint density at radius 3 is 2.72 bits per heavy atom.